The summed E-state index contributed by atoms with van der Waals surface area (Å²) in [7, 11) is 0. The molecule has 1 aromatic heterocycles. The van der Waals surface area contributed by atoms with Gasteiger partial charge in [-0.3, -0.25) is 4.79 Å². The summed E-state index contributed by atoms with van der Waals surface area (Å²) in [6.07, 6.45) is 0.443. The average Bonchev–Trinajstić information content (AvgIpc) is 3.28. The Hall–Kier alpha value is -2.28. The minimum Gasteiger partial charge on any atom is -0.423 e. The summed E-state index contributed by atoms with van der Waals surface area (Å²) in [6, 6.07) is 6.41. The molecule has 2 aliphatic rings. The number of benzene rings is 1. The molecule has 4 rings (SSSR count). The van der Waals surface area contributed by atoms with Crippen LogP contribution in [0.3, 0.4) is 0 Å². The van der Waals surface area contributed by atoms with Crippen LogP contribution < -0.4 is 0 Å². The smallest absolute Gasteiger partial charge is 0.246 e. The standard InChI is InChI=1S/C17H18FN3O3/c1-10-19-20-16(24-10)15-9-21(6-7-23-15)17(22)14-8-13(14)11-2-4-12(18)5-3-11/h2-5,13-15H,6-9H2,1H3/t13-,14+,15+/m1/s1. The second kappa shape index (κ2) is 5.98. The first-order valence-electron chi connectivity index (χ1n) is 8.07. The van der Waals surface area contributed by atoms with Gasteiger partial charge in [0.25, 0.3) is 0 Å². The van der Waals surface area contributed by atoms with E-state index < -0.39 is 0 Å². The van der Waals surface area contributed by atoms with Crippen molar-refractivity contribution in [2.75, 3.05) is 19.7 Å². The maximum absolute atomic E-state index is 13.0. The lowest BCUT2D eigenvalue weighted by atomic mass is 10.1. The van der Waals surface area contributed by atoms with Crippen LogP contribution in [0, 0.1) is 18.7 Å². The molecule has 1 aromatic carbocycles. The largest absolute Gasteiger partial charge is 0.423 e. The Bertz CT molecular complexity index is 746. The van der Waals surface area contributed by atoms with Crippen molar-refractivity contribution in [1.82, 2.24) is 15.1 Å². The van der Waals surface area contributed by atoms with E-state index >= 15 is 0 Å². The van der Waals surface area contributed by atoms with E-state index in [0.717, 1.165) is 12.0 Å². The van der Waals surface area contributed by atoms with Gasteiger partial charge in [0.05, 0.1) is 13.2 Å². The van der Waals surface area contributed by atoms with Gasteiger partial charge in [0.2, 0.25) is 17.7 Å². The first-order valence-corrected chi connectivity index (χ1v) is 8.07. The number of carbonyl (C=O) groups is 1. The Kier molecular flexibility index (Phi) is 3.80. The molecule has 1 aliphatic heterocycles. The monoisotopic (exact) mass is 331 g/mol. The Morgan fingerprint density at radius 1 is 1.29 bits per heavy atom. The topological polar surface area (TPSA) is 68.5 Å². The normalized spacial score (nSPS) is 26.4. The molecule has 2 fully saturated rings. The molecule has 1 aliphatic carbocycles. The summed E-state index contributed by atoms with van der Waals surface area (Å²) in [5.41, 5.74) is 1.02. The number of hydrogen-bond donors (Lipinski definition) is 0. The number of aryl methyl sites for hydroxylation is 1. The molecule has 2 aromatic rings. The second-order valence-electron chi connectivity index (χ2n) is 6.30. The zero-order chi connectivity index (χ0) is 16.7. The molecule has 1 amide bonds. The minimum absolute atomic E-state index is 0.0290. The average molecular weight is 331 g/mol. The predicted octanol–water partition coefficient (Wildman–Crippen LogP) is 2.22. The van der Waals surface area contributed by atoms with Gasteiger partial charge in [-0.2, -0.15) is 0 Å². The van der Waals surface area contributed by atoms with Crippen LogP contribution in [0.5, 0.6) is 0 Å². The summed E-state index contributed by atoms with van der Waals surface area (Å²) >= 11 is 0. The maximum atomic E-state index is 13.0. The molecule has 126 valence electrons. The quantitative estimate of drug-likeness (QED) is 0.863. The zero-order valence-corrected chi connectivity index (χ0v) is 13.3. The van der Waals surface area contributed by atoms with Crippen molar-refractivity contribution in [3.05, 3.63) is 47.4 Å². The summed E-state index contributed by atoms with van der Waals surface area (Å²) < 4.78 is 24.1. The first kappa shape index (κ1) is 15.3. The molecule has 0 spiro atoms. The van der Waals surface area contributed by atoms with Crippen molar-refractivity contribution < 1.29 is 18.3 Å². The van der Waals surface area contributed by atoms with Crippen LogP contribution in [0.4, 0.5) is 4.39 Å². The van der Waals surface area contributed by atoms with Gasteiger partial charge in [-0.15, -0.1) is 10.2 Å². The van der Waals surface area contributed by atoms with Crippen LogP contribution in [0.25, 0.3) is 0 Å². The SMILES string of the molecule is Cc1nnc([C@@H]2CN(C(=O)[C@H]3C[C@@H]3c3ccc(F)cc3)CCO2)o1. The van der Waals surface area contributed by atoms with E-state index in [-0.39, 0.29) is 29.7 Å². The van der Waals surface area contributed by atoms with Crippen molar-refractivity contribution in [1.29, 1.82) is 0 Å². The van der Waals surface area contributed by atoms with E-state index in [9.17, 15) is 9.18 Å². The molecule has 7 heteroatoms. The van der Waals surface area contributed by atoms with Crippen molar-refractivity contribution >= 4 is 5.91 Å². The van der Waals surface area contributed by atoms with Crippen LogP contribution in [0.1, 0.15) is 35.8 Å². The number of halogens is 1. The van der Waals surface area contributed by atoms with Crippen molar-refractivity contribution in [2.45, 2.75) is 25.4 Å². The lowest BCUT2D eigenvalue weighted by Crippen LogP contribution is -2.43. The zero-order valence-electron chi connectivity index (χ0n) is 13.3. The molecule has 0 radical (unpaired) electrons. The molecule has 3 atom stereocenters. The van der Waals surface area contributed by atoms with Crippen LogP contribution >= 0.6 is 0 Å². The fourth-order valence-corrected chi connectivity index (χ4v) is 3.22. The van der Waals surface area contributed by atoms with Crippen molar-refractivity contribution in [2.24, 2.45) is 5.92 Å². The number of ether oxygens (including phenoxy) is 1. The van der Waals surface area contributed by atoms with E-state index in [4.69, 9.17) is 9.15 Å². The molecule has 0 bridgehead atoms. The van der Waals surface area contributed by atoms with Gasteiger partial charge in [-0.05, 0) is 30.0 Å². The third-order valence-electron chi connectivity index (χ3n) is 4.60. The number of nitrogens with zero attached hydrogens (tertiary/aromatic N) is 3. The Balaban J connectivity index is 1.41. The lowest BCUT2D eigenvalue weighted by molar-refractivity contribution is -0.141. The van der Waals surface area contributed by atoms with Crippen LogP contribution in [-0.4, -0.2) is 40.7 Å². The fraction of sp³-hybridized carbons (Fsp3) is 0.471. The van der Waals surface area contributed by atoms with Crippen LogP contribution in [0.15, 0.2) is 28.7 Å². The van der Waals surface area contributed by atoms with E-state index in [1.54, 1.807) is 19.1 Å². The molecule has 0 N–H and O–H groups in total. The Labute approximate surface area is 138 Å². The van der Waals surface area contributed by atoms with Gasteiger partial charge in [-0.1, -0.05) is 12.1 Å². The number of morpholine rings is 1. The van der Waals surface area contributed by atoms with Crippen molar-refractivity contribution in [3.63, 3.8) is 0 Å². The number of rotatable bonds is 3. The highest BCUT2D eigenvalue weighted by Crippen LogP contribution is 2.48. The molecular weight excluding hydrogens is 313 g/mol. The highest BCUT2D eigenvalue weighted by molar-refractivity contribution is 5.83. The third kappa shape index (κ3) is 2.91. The second-order valence-corrected chi connectivity index (χ2v) is 6.30. The van der Waals surface area contributed by atoms with Crippen LogP contribution in [-0.2, 0) is 9.53 Å². The van der Waals surface area contributed by atoms with Gasteiger partial charge in [0, 0.05) is 19.4 Å². The minimum atomic E-state index is -0.369. The first-order chi connectivity index (χ1) is 11.6. The fourth-order valence-electron chi connectivity index (χ4n) is 3.22. The summed E-state index contributed by atoms with van der Waals surface area (Å²) in [6.45, 7) is 3.16. The lowest BCUT2D eigenvalue weighted by Gasteiger charge is -2.31. The molecule has 1 saturated carbocycles. The predicted molar refractivity (Wildman–Crippen MR) is 81.6 cm³/mol. The van der Waals surface area contributed by atoms with Gasteiger partial charge >= 0.3 is 0 Å². The van der Waals surface area contributed by atoms with E-state index in [1.807, 2.05) is 4.90 Å². The summed E-state index contributed by atoms with van der Waals surface area (Å²) in [5.74, 6) is 0.914. The number of hydrogen-bond acceptors (Lipinski definition) is 5. The Morgan fingerprint density at radius 3 is 2.79 bits per heavy atom. The Morgan fingerprint density at radius 2 is 2.08 bits per heavy atom. The van der Waals surface area contributed by atoms with Gasteiger partial charge in [0.15, 0.2) is 6.10 Å². The van der Waals surface area contributed by atoms with E-state index in [0.29, 0.717) is 31.5 Å². The van der Waals surface area contributed by atoms with E-state index in [2.05, 4.69) is 10.2 Å². The molecule has 1 saturated heterocycles. The molecule has 2 heterocycles. The van der Waals surface area contributed by atoms with E-state index in [1.165, 1.54) is 12.1 Å². The molecule has 24 heavy (non-hydrogen) atoms. The summed E-state index contributed by atoms with van der Waals surface area (Å²) in [5, 5.41) is 7.79. The van der Waals surface area contributed by atoms with Crippen molar-refractivity contribution in [3.8, 4) is 0 Å². The third-order valence-corrected chi connectivity index (χ3v) is 4.60. The molecular formula is C17H18FN3O3. The van der Waals surface area contributed by atoms with Gasteiger partial charge in [0.1, 0.15) is 5.82 Å². The van der Waals surface area contributed by atoms with Crippen LogP contribution in [0.2, 0.25) is 0 Å². The number of aromatic nitrogens is 2. The number of amides is 1. The van der Waals surface area contributed by atoms with Gasteiger partial charge < -0.3 is 14.1 Å². The molecule has 0 unspecified atom stereocenters. The maximum Gasteiger partial charge on any atom is 0.246 e. The van der Waals surface area contributed by atoms with Gasteiger partial charge in [-0.25, -0.2) is 4.39 Å². The highest BCUT2D eigenvalue weighted by Gasteiger charge is 2.46. The highest BCUT2D eigenvalue weighted by atomic mass is 19.1. The molecule has 6 nitrogen and oxygen atoms in total. The summed E-state index contributed by atoms with van der Waals surface area (Å²) in [4.78, 5) is 14.5. The number of carbonyl (C=O) groups excluding carboxylic acids is 1.